The van der Waals surface area contributed by atoms with Crippen molar-refractivity contribution in [3.05, 3.63) is 0 Å². The monoisotopic (exact) mass is 243 g/mol. The van der Waals surface area contributed by atoms with Crippen LogP contribution in [-0.2, 0) is 0 Å². The summed E-state index contributed by atoms with van der Waals surface area (Å²) in [5.74, 6) is 1.35. The van der Waals surface area contributed by atoms with Crippen molar-refractivity contribution in [3.63, 3.8) is 0 Å². The number of hydrogen-bond donors (Lipinski definition) is 1. The third-order valence-corrected chi connectivity index (χ3v) is 5.37. The highest BCUT2D eigenvalue weighted by molar-refractivity contribution is 7.99. The molecule has 0 aromatic heterocycles. The molecule has 1 nitrogen and oxygen atoms in total. The molecule has 1 rings (SSSR count). The lowest BCUT2D eigenvalue weighted by atomic mass is 9.73. The van der Waals surface area contributed by atoms with Gasteiger partial charge in [0.05, 0.1) is 0 Å². The van der Waals surface area contributed by atoms with E-state index < -0.39 is 0 Å². The Morgan fingerprint density at radius 1 is 1.31 bits per heavy atom. The molecule has 2 heteroatoms. The highest BCUT2D eigenvalue weighted by atomic mass is 32.2. The van der Waals surface area contributed by atoms with Crippen molar-refractivity contribution in [1.29, 1.82) is 0 Å². The van der Waals surface area contributed by atoms with Crippen LogP contribution in [0.25, 0.3) is 0 Å². The Bertz CT molecular complexity index is 191. The summed E-state index contributed by atoms with van der Waals surface area (Å²) < 4.78 is 0. The predicted molar refractivity (Wildman–Crippen MR) is 76.3 cm³/mol. The van der Waals surface area contributed by atoms with Crippen LogP contribution in [-0.4, -0.2) is 24.1 Å². The Morgan fingerprint density at radius 2 is 2.06 bits per heavy atom. The maximum Gasteiger partial charge on any atom is 0.0234 e. The lowest BCUT2D eigenvalue weighted by molar-refractivity contribution is 0.182. The van der Waals surface area contributed by atoms with Gasteiger partial charge in [-0.25, -0.2) is 0 Å². The zero-order valence-corrected chi connectivity index (χ0v) is 12.3. The molecule has 1 aliphatic carbocycles. The van der Waals surface area contributed by atoms with Gasteiger partial charge in [0.1, 0.15) is 0 Å². The molecule has 96 valence electrons. The van der Waals surface area contributed by atoms with E-state index in [1.807, 2.05) is 0 Å². The third kappa shape index (κ3) is 3.96. The van der Waals surface area contributed by atoms with Gasteiger partial charge in [0.25, 0.3) is 0 Å². The van der Waals surface area contributed by atoms with Crippen molar-refractivity contribution in [3.8, 4) is 0 Å². The Balaban J connectivity index is 2.38. The SMILES string of the molecule is CCCCCSC1CCCC(C)(C)C1NC. The first-order valence-electron chi connectivity index (χ1n) is 6.90. The summed E-state index contributed by atoms with van der Waals surface area (Å²) in [5, 5.41) is 4.40. The number of rotatable bonds is 6. The maximum atomic E-state index is 3.56. The molecule has 0 radical (unpaired) electrons. The lowest BCUT2D eigenvalue weighted by Gasteiger charge is -2.43. The van der Waals surface area contributed by atoms with Crippen LogP contribution in [0.3, 0.4) is 0 Å². The molecular formula is C14H29NS. The summed E-state index contributed by atoms with van der Waals surface area (Å²) in [5.41, 5.74) is 0.482. The van der Waals surface area contributed by atoms with Crippen molar-refractivity contribution in [2.24, 2.45) is 5.41 Å². The average Bonchev–Trinajstić information content (AvgIpc) is 2.23. The molecule has 1 fully saturated rings. The van der Waals surface area contributed by atoms with Gasteiger partial charge in [-0.3, -0.25) is 0 Å². The second-order valence-corrected chi connectivity index (χ2v) is 7.11. The van der Waals surface area contributed by atoms with E-state index in [1.165, 1.54) is 44.3 Å². The Morgan fingerprint density at radius 3 is 2.69 bits per heavy atom. The minimum Gasteiger partial charge on any atom is -0.315 e. The normalized spacial score (nSPS) is 29.2. The standard InChI is InChI=1S/C14H29NS/c1-5-6-7-11-16-12-9-8-10-14(2,3)13(12)15-4/h12-13,15H,5-11H2,1-4H3. The van der Waals surface area contributed by atoms with E-state index in [-0.39, 0.29) is 0 Å². The fourth-order valence-electron chi connectivity index (χ4n) is 2.93. The van der Waals surface area contributed by atoms with E-state index in [9.17, 15) is 0 Å². The Kier molecular flexibility index (Phi) is 6.20. The number of unbranched alkanes of at least 4 members (excludes halogenated alkanes) is 2. The molecule has 0 bridgehead atoms. The zero-order chi connectivity index (χ0) is 12.0. The fraction of sp³-hybridized carbons (Fsp3) is 1.00. The van der Waals surface area contributed by atoms with Crippen LogP contribution < -0.4 is 5.32 Å². The first-order chi connectivity index (χ1) is 7.61. The van der Waals surface area contributed by atoms with Gasteiger partial charge in [-0.1, -0.05) is 40.0 Å². The van der Waals surface area contributed by atoms with Gasteiger partial charge in [0.15, 0.2) is 0 Å². The highest BCUT2D eigenvalue weighted by Crippen LogP contribution is 2.40. The summed E-state index contributed by atoms with van der Waals surface area (Å²) in [7, 11) is 2.14. The summed E-state index contributed by atoms with van der Waals surface area (Å²) >= 11 is 2.21. The molecule has 16 heavy (non-hydrogen) atoms. The van der Waals surface area contributed by atoms with Gasteiger partial charge in [-0.2, -0.15) is 11.8 Å². The van der Waals surface area contributed by atoms with Crippen molar-refractivity contribution in [1.82, 2.24) is 5.32 Å². The van der Waals surface area contributed by atoms with Crippen molar-refractivity contribution in [2.45, 2.75) is 70.6 Å². The van der Waals surface area contributed by atoms with Crippen molar-refractivity contribution >= 4 is 11.8 Å². The molecule has 2 atom stereocenters. The first kappa shape index (κ1) is 14.4. The molecular weight excluding hydrogens is 214 g/mol. The van der Waals surface area contributed by atoms with Crippen molar-refractivity contribution < 1.29 is 0 Å². The number of thioether (sulfide) groups is 1. The molecule has 2 unspecified atom stereocenters. The number of nitrogens with one attached hydrogen (secondary N) is 1. The second-order valence-electron chi connectivity index (χ2n) is 5.76. The van der Waals surface area contributed by atoms with E-state index in [2.05, 4.69) is 44.9 Å². The highest BCUT2D eigenvalue weighted by Gasteiger charge is 2.37. The largest absolute Gasteiger partial charge is 0.315 e. The van der Waals surface area contributed by atoms with E-state index in [4.69, 9.17) is 0 Å². The Labute approximate surface area is 106 Å². The quantitative estimate of drug-likeness (QED) is 0.706. The topological polar surface area (TPSA) is 12.0 Å². The van der Waals surface area contributed by atoms with Gasteiger partial charge in [0.2, 0.25) is 0 Å². The number of hydrogen-bond acceptors (Lipinski definition) is 2. The van der Waals surface area contributed by atoms with Crippen LogP contribution in [0.15, 0.2) is 0 Å². The lowest BCUT2D eigenvalue weighted by Crippen LogP contribution is -2.50. The molecule has 0 aromatic rings. The third-order valence-electron chi connectivity index (χ3n) is 3.91. The van der Waals surface area contributed by atoms with E-state index in [0.29, 0.717) is 11.5 Å². The van der Waals surface area contributed by atoms with Crippen LogP contribution >= 0.6 is 11.8 Å². The first-order valence-corrected chi connectivity index (χ1v) is 7.95. The van der Waals surface area contributed by atoms with Crippen LogP contribution in [0.5, 0.6) is 0 Å². The van der Waals surface area contributed by atoms with Gasteiger partial charge < -0.3 is 5.32 Å². The predicted octanol–water partition coefficient (Wildman–Crippen LogP) is 4.08. The summed E-state index contributed by atoms with van der Waals surface area (Å²) in [6.45, 7) is 7.13. The van der Waals surface area contributed by atoms with Crippen molar-refractivity contribution in [2.75, 3.05) is 12.8 Å². The molecule has 0 amide bonds. The van der Waals surface area contributed by atoms with Gasteiger partial charge >= 0.3 is 0 Å². The summed E-state index contributed by atoms with van der Waals surface area (Å²) in [4.78, 5) is 0. The van der Waals surface area contributed by atoms with Crippen LogP contribution in [0.1, 0.15) is 59.3 Å². The van der Waals surface area contributed by atoms with Gasteiger partial charge in [-0.15, -0.1) is 0 Å². The summed E-state index contributed by atoms with van der Waals surface area (Å²) in [6, 6.07) is 0.702. The van der Waals surface area contributed by atoms with Crippen LogP contribution in [0, 0.1) is 5.41 Å². The second kappa shape index (κ2) is 6.90. The van der Waals surface area contributed by atoms with E-state index in [1.54, 1.807) is 0 Å². The zero-order valence-electron chi connectivity index (χ0n) is 11.5. The molecule has 0 spiro atoms. The summed E-state index contributed by atoms with van der Waals surface area (Å²) in [6.07, 6.45) is 8.33. The average molecular weight is 243 g/mol. The smallest absolute Gasteiger partial charge is 0.0234 e. The minimum absolute atomic E-state index is 0.482. The van der Waals surface area contributed by atoms with Gasteiger partial charge in [0, 0.05) is 11.3 Å². The van der Waals surface area contributed by atoms with E-state index in [0.717, 1.165) is 5.25 Å². The fourth-order valence-corrected chi connectivity index (χ4v) is 4.63. The molecule has 0 saturated heterocycles. The molecule has 1 N–H and O–H groups in total. The molecule has 0 aliphatic heterocycles. The Hall–Kier alpha value is 0.310. The molecule has 0 heterocycles. The minimum atomic E-state index is 0.482. The van der Waals surface area contributed by atoms with E-state index >= 15 is 0 Å². The molecule has 1 saturated carbocycles. The molecule has 1 aliphatic rings. The van der Waals surface area contributed by atoms with Crippen LogP contribution in [0.4, 0.5) is 0 Å². The molecule has 0 aromatic carbocycles. The van der Waals surface area contributed by atoms with Gasteiger partial charge in [-0.05, 0) is 37.5 Å². The maximum absolute atomic E-state index is 3.56. The van der Waals surface area contributed by atoms with Crippen LogP contribution in [0.2, 0.25) is 0 Å².